The Kier molecular flexibility index (Phi) is 5.31. The molecule has 1 aliphatic rings. The first-order chi connectivity index (χ1) is 8.62. The van der Waals surface area contributed by atoms with Gasteiger partial charge in [0.25, 0.3) is 10.2 Å². The quantitative estimate of drug-likeness (QED) is 0.728. The molecule has 0 aromatic heterocycles. The minimum atomic E-state index is -3.64. The van der Waals surface area contributed by atoms with Gasteiger partial charge in [0.05, 0.1) is 19.3 Å². The van der Waals surface area contributed by atoms with Crippen LogP contribution in [0.25, 0.3) is 0 Å². The van der Waals surface area contributed by atoms with Crippen LogP contribution in [0.15, 0.2) is 0 Å². The number of morpholine rings is 1. The summed E-state index contributed by atoms with van der Waals surface area (Å²) in [5.74, 6) is -0.343. The summed E-state index contributed by atoms with van der Waals surface area (Å²) in [5.41, 5.74) is -0.393. The molecule has 0 saturated carbocycles. The van der Waals surface area contributed by atoms with Crippen molar-refractivity contribution >= 4 is 16.1 Å². The second-order valence-electron chi connectivity index (χ2n) is 5.60. The van der Waals surface area contributed by atoms with Gasteiger partial charge in [-0.25, -0.2) is 0 Å². The van der Waals surface area contributed by atoms with Crippen LogP contribution >= 0.6 is 0 Å². The summed E-state index contributed by atoms with van der Waals surface area (Å²) in [7, 11) is -3.64. The lowest BCUT2D eigenvalue weighted by Gasteiger charge is -2.28. The summed E-state index contributed by atoms with van der Waals surface area (Å²) in [6, 6.07) is -0.813. The molecule has 1 heterocycles. The van der Waals surface area contributed by atoms with E-state index in [-0.39, 0.29) is 5.91 Å². The average Bonchev–Trinajstić information content (AvgIpc) is 2.27. The third kappa shape index (κ3) is 5.43. The van der Waals surface area contributed by atoms with E-state index in [9.17, 15) is 13.2 Å². The molecule has 0 aromatic rings. The smallest absolute Gasteiger partial charge is 0.280 e. The van der Waals surface area contributed by atoms with Crippen molar-refractivity contribution in [1.29, 1.82) is 0 Å². The summed E-state index contributed by atoms with van der Waals surface area (Å²) in [5, 5.41) is 2.74. The van der Waals surface area contributed by atoms with E-state index in [0.717, 1.165) is 0 Å². The molecule has 19 heavy (non-hydrogen) atoms. The molecule has 112 valence electrons. The maximum absolute atomic E-state index is 12.0. The number of hydrogen-bond acceptors (Lipinski definition) is 4. The fourth-order valence-corrected chi connectivity index (χ4v) is 2.95. The average molecular weight is 293 g/mol. The van der Waals surface area contributed by atoms with Crippen LogP contribution < -0.4 is 10.0 Å². The van der Waals surface area contributed by atoms with E-state index >= 15 is 0 Å². The summed E-state index contributed by atoms with van der Waals surface area (Å²) >= 11 is 0. The lowest BCUT2D eigenvalue weighted by molar-refractivity contribution is -0.123. The van der Waals surface area contributed by atoms with Gasteiger partial charge in [-0.3, -0.25) is 4.79 Å². The first-order valence-electron chi connectivity index (χ1n) is 6.29. The number of carbonyl (C=O) groups is 1. The van der Waals surface area contributed by atoms with Gasteiger partial charge in [0.2, 0.25) is 5.91 Å². The Balaban J connectivity index is 2.59. The predicted molar refractivity (Wildman–Crippen MR) is 71.8 cm³/mol. The Morgan fingerprint density at radius 2 is 1.79 bits per heavy atom. The Labute approximate surface area is 114 Å². The van der Waals surface area contributed by atoms with Gasteiger partial charge >= 0.3 is 0 Å². The summed E-state index contributed by atoms with van der Waals surface area (Å²) in [4.78, 5) is 11.8. The number of amides is 1. The molecular formula is C11H23N3O4S. The zero-order valence-corrected chi connectivity index (χ0v) is 12.7. The van der Waals surface area contributed by atoms with Crippen molar-refractivity contribution in [2.75, 3.05) is 26.3 Å². The molecule has 7 nitrogen and oxygen atoms in total. The van der Waals surface area contributed by atoms with Crippen LogP contribution in [-0.2, 0) is 19.7 Å². The van der Waals surface area contributed by atoms with Gasteiger partial charge in [-0.1, -0.05) is 0 Å². The second-order valence-corrected chi connectivity index (χ2v) is 7.30. The molecule has 1 fully saturated rings. The summed E-state index contributed by atoms with van der Waals surface area (Å²) in [6.45, 7) is 8.42. The largest absolute Gasteiger partial charge is 0.379 e. The number of nitrogens with one attached hydrogen (secondary N) is 2. The van der Waals surface area contributed by atoms with Gasteiger partial charge in [0, 0.05) is 18.6 Å². The van der Waals surface area contributed by atoms with Gasteiger partial charge in [-0.2, -0.15) is 17.4 Å². The molecule has 0 aliphatic carbocycles. The lowest BCUT2D eigenvalue weighted by Crippen LogP contribution is -2.55. The fourth-order valence-electron chi connectivity index (χ4n) is 1.62. The highest BCUT2D eigenvalue weighted by Crippen LogP contribution is 2.05. The SMILES string of the molecule is CC(NS(=O)(=O)N1CCOCC1)C(=O)NC(C)(C)C. The van der Waals surface area contributed by atoms with Crippen LogP contribution in [0.1, 0.15) is 27.7 Å². The molecule has 0 radical (unpaired) electrons. The molecule has 1 saturated heterocycles. The topological polar surface area (TPSA) is 87.7 Å². The minimum Gasteiger partial charge on any atom is -0.379 e. The van der Waals surface area contributed by atoms with Crippen molar-refractivity contribution in [1.82, 2.24) is 14.3 Å². The standard InChI is InChI=1S/C11H23N3O4S/c1-9(10(15)12-11(2,3)4)13-19(16,17)14-5-7-18-8-6-14/h9,13H,5-8H2,1-4H3,(H,12,15). The van der Waals surface area contributed by atoms with Crippen molar-refractivity contribution < 1.29 is 17.9 Å². The van der Waals surface area contributed by atoms with Crippen molar-refractivity contribution in [3.8, 4) is 0 Å². The minimum absolute atomic E-state index is 0.308. The lowest BCUT2D eigenvalue weighted by atomic mass is 10.1. The van der Waals surface area contributed by atoms with Crippen molar-refractivity contribution in [3.63, 3.8) is 0 Å². The van der Waals surface area contributed by atoms with E-state index in [1.807, 2.05) is 20.8 Å². The number of hydrogen-bond donors (Lipinski definition) is 2. The molecule has 0 spiro atoms. The maximum atomic E-state index is 12.0. The van der Waals surface area contributed by atoms with Crippen LogP contribution in [0.4, 0.5) is 0 Å². The summed E-state index contributed by atoms with van der Waals surface area (Å²) < 4.78 is 32.9. The Bertz CT molecular complexity index is 410. The molecule has 0 bridgehead atoms. The van der Waals surface area contributed by atoms with Gasteiger partial charge in [0.1, 0.15) is 0 Å². The van der Waals surface area contributed by atoms with Crippen LogP contribution in [0, 0.1) is 0 Å². The van der Waals surface area contributed by atoms with Gasteiger partial charge in [-0.15, -0.1) is 0 Å². The molecular weight excluding hydrogens is 270 g/mol. The van der Waals surface area contributed by atoms with Gasteiger partial charge in [-0.05, 0) is 27.7 Å². The van der Waals surface area contributed by atoms with Gasteiger partial charge in [0.15, 0.2) is 0 Å². The highest BCUT2D eigenvalue weighted by molar-refractivity contribution is 7.87. The van der Waals surface area contributed by atoms with E-state index in [1.165, 1.54) is 11.2 Å². The first kappa shape index (κ1) is 16.4. The maximum Gasteiger partial charge on any atom is 0.280 e. The first-order valence-corrected chi connectivity index (χ1v) is 7.73. The van der Waals surface area contributed by atoms with E-state index < -0.39 is 21.8 Å². The molecule has 8 heteroatoms. The molecule has 0 aromatic carbocycles. The van der Waals surface area contributed by atoms with Crippen LogP contribution in [-0.4, -0.2) is 56.5 Å². The highest BCUT2D eigenvalue weighted by Gasteiger charge is 2.29. The molecule has 1 amide bonds. The van der Waals surface area contributed by atoms with E-state index in [0.29, 0.717) is 26.3 Å². The monoisotopic (exact) mass is 293 g/mol. The molecule has 1 aliphatic heterocycles. The zero-order chi connectivity index (χ0) is 14.7. The number of carbonyl (C=O) groups excluding carboxylic acids is 1. The van der Waals surface area contributed by atoms with E-state index in [1.54, 1.807) is 0 Å². The fraction of sp³-hybridized carbons (Fsp3) is 0.909. The molecule has 1 unspecified atom stereocenters. The third-order valence-electron chi connectivity index (χ3n) is 2.53. The summed E-state index contributed by atoms with van der Waals surface area (Å²) in [6.07, 6.45) is 0. The Morgan fingerprint density at radius 3 is 2.26 bits per heavy atom. The number of nitrogens with zero attached hydrogens (tertiary/aromatic N) is 1. The van der Waals surface area contributed by atoms with Gasteiger partial charge < -0.3 is 10.1 Å². The predicted octanol–water partition coefficient (Wildman–Crippen LogP) is -0.544. The van der Waals surface area contributed by atoms with Crippen LogP contribution in [0.3, 0.4) is 0 Å². The third-order valence-corrected chi connectivity index (χ3v) is 4.22. The molecule has 1 rings (SSSR count). The number of rotatable bonds is 4. The van der Waals surface area contributed by atoms with Crippen molar-refractivity contribution in [2.45, 2.75) is 39.3 Å². The van der Waals surface area contributed by atoms with Crippen molar-refractivity contribution in [3.05, 3.63) is 0 Å². The normalized spacial score (nSPS) is 20.0. The van der Waals surface area contributed by atoms with E-state index in [2.05, 4.69) is 10.0 Å². The molecule has 2 N–H and O–H groups in total. The van der Waals surface area contributed by atoms with Crippen LogP contribution in [0.2, 0.25) is 0 Å². The number of ether oxygens (including phenoxy) is 1. The second kappa shape index (κ2) is 6.17. The molecule has 1 atom stereocenters. The Hall–Kier alpha value is -0.700. The van der Waals surface area contributed by atoms with E-state index in [4.69, 9.17) is 4.74 Å². The highest BCUT2D eigenvalue weighted by atomic mass is 32.2. The Morgan fingerprint density at radius 1 is 1.26 bits per heavy atom. The van der Waals surface area contributed by atoms with Crippen LogP contribution in [0.5, 0.6) is 0 Å². The zero-order valence-electron chi connectivity index (χ0n) is 11.9. The van der Waals surface area contributed by atoms with Crippen molar-refractivity contribution in [2.24, 2.45) is 0 Å².